The summed E-state index contributed by atoms with van der Waals surface area (Å²) in [7, 11) is 1.96. The first kappa shape index (κ1) is 23.9. The SMILES string of the molecule is CCc1nncn1CCNC(=NCCCSC)N(C)Cc1ccc(OC(F)F)cc1. The lowest BCUT2D eigenvalue weighted by Gasteiger charge is -2.23. The van der Waals surface area contributed by atoms with Gasteiger partial charge in [0.05, 0.1) is 0 Å². The van der Waals surface area contributed by atoms with Gasteiger partial charge >= 0.3 is 6.61 Å². The Morgan fingerprint density at radius 1 is 1.33 bits per heavy atom. The van der Waals surface area contributed by atoms with Crippen molar-refractivity contribution >= 4 is 17.7 Å². The molecule has 2 rings (SSSR count). The van der Waals surface area contributed by atoms with Gasteiger partial charge in [-0.05, 0) is 36.1 Å². The summed E-state index contributed by atoms with van der Waals surface area (Å²) in [5.74, 6) is 2.97. The van der Waals surface area contributed by atoms with Crippen LogP contribution in [0.4, 0.5) is 8.78 Å². The molecule has 7 nitrogen and oxygen atoms in total. The molecule has 0 aliphatic rings. The normalized spacial score (nSPS) is 11.7. The van der Waals surface area contributed by atoms with E-state index in [9.17, 15) is 8.78 Å². The van der Waals surface area contributed by atoms with Crippen LogP contribution in [0.3, 0.4) is 0 Å². The second-order valence-electron chi connectivity index (χ2n) is 6.65. The van der Waals surface area contributed by atoms with Crippen LogP contribution in [-0.4, -0.2) is 64.4 Å². The van der Waals surface area contributed by atoms with Crippen molar-refractivity contribution in [2.24, 2.45) is 4.99 Å². The lowest BCUT2D eigenvalue weighted by Crippen LogP contribution is -2.40. The molecule has 0 bridgehead atoms. The van der Waals surface area contributed by atoms with Crippen molar-refractivity contribution in [1.29, 1.82) is 0 Å². The zero-order valence-electron chi connectivity index (χ0n) is 17.7. The summed E-state index contributed by atoms with van der Waals surface area (Å²) in [6.45, 7) is 2.00. The summed E-state index contributed by atoms with van der Waals surface area (Å²) >= 11 is 1.80. The maximum atomic E-state index is 12.3. The quantitative estimate of drug-likeness (QED) is 0.310. The summed E-state index contributed by atoms with van der Waals surface area (Å²) in [6.07, 6.45) is 5.66. The second-order valence-corrected chi connectivity index (χ2v) is 7.64. The average Bonchev–Trinajstić information content (AvgIpc) is 3.18. The fourth-order valence-electron chi connectivity index (χ4n) is 2.86. The minimum Gasteiger partial charge on any atom is -0.435 e. The number of aromatic nitrogens is 3. The number of alkyl halides is 2. The Hall–Kier alpha value is -2.36. The zero-order chi connectivity index (χ0) is 21.8. The minimum absolute atomic E-state index is 0.154. The van der Waals surface area contributed by atoms with Crippen molar-refractivity contribution in [2.45, 2.75) is 39.5 Å². The van der Waals surface area contributed by atoms with Crippen LogP contribution in [0.2, 0.25) is 0 Å². The molecule has 1 N–H and O–H groups in total. The number of aliphatic imine (C=N–C) groups is 1. The molecule has 166 valence electrons. The summed E-state index contributed by atoms with van der Waals surface area (Å²) < 4.78 is 31.1. The topological polar surface area (TPSA) is 67.6 Å². The average molecular weight is 441 g/mol. The predicted molar refractivity (Wildman–Crippen MR) is 117 cm³/mol. The van der Waals surface area contributed by atoms with Gasteiger partial charge in [0.1, 0.15) is 17.9 Å². The number of benzene rings is 1. The number of guanidine groups is 1. The van der Waals surface area contributed by atoms with E-state index in [0.717, 1.165) is 49.0 Å². The molecule has 0 radical (unpaired) electrons. The number of aryl methyl sites for hydroxylation is 1. The van der Waals surface area contributed by atoms with Gasteiger partial charge in [-0.25, -0.2) is 0 Å². The molecule has 0 aliphatic carbocycles. The predicted octanol–water partition coefficient (Wildman–Crippen LogP) is 3.27. The highest BCUT2D eigenvalue weighted by molar-refractivity contribution is 7.98. The summed E-state index contributed by atoms with van der Waals surface area (Å²) in [4.78, 5) is 6.75. The molecule has 1 aromatic heterocycles. The molecule has 10 heteroatoms. The van der Waals surface area contributed by atoms with Gasteiger partial charge in [-0.2, -0.15) is 20.5 Å². The van der Waals surface area contributed by atoms with Crippen molar-refractivity contribution in [2.75, 3.05) is 32.1 Å². The van der Waals surface area contributed by atoms with Gasteiger partial charge < -0.3 is 19.5 Å². The maximum Gasteiger partial charge on any atom is 0.387 e. The van der Waals surface area contributed by atoms with E-state index in [1.54, 1.807) is 42.4 Å². The van der Waals surface area contributed by atoms with Crippen molar-refractivity contribution in [3.63, 3.8) is 0 Å². The highest BCUT2D eigenvalue weighted by Crippen LogP contribution is 2.15. The molecule has 0 saturated heterocycles. The number of hydrogen-bond donors (Lipinski definition) is 1. The highest BCUT2D eigenvalue weighted by Gasteiger charge is 2.09. The van der Waals surface area contributed by atoms with E-state index < -0.39 is 6.61 Å². The Balaban J connectivity index is 1.96. The van der Waals surface area contributed by atoms with Crippen LogP contribution in [0.5, 0.6) is 5.75 Å². The van der Waals surface area contributed by atoms with Crippen molar-refractivity contribution in [3.05, 3.63) is 42.0 Å². The van der Waals surface area contributed by atoms with Crippen molar-refractivity contribution in [3.8, 4) is 5.75 Å². The van der Waals surface area contributed by atoms with Crippen LogP contribution >= 0.6 is 11.8 Å². The number of nitrogens with one attached hydrogen (secondary N) is 1. The Kier molecular flexibility index (Phi) is 10.4. The van der Waals surface area contributed by atoms with E-state index in [2.05, 4.69) is 33.4 Å². The first-order valence-corrected chi connectivity index (χ1v) is 11.3. The van der Waals surface area contributed by atoms with Crippen molar-refractivity contribution in [1.82, 2.24) is 25.0 Å². The van der Waals surface area contributed by atoms with E-state index >= 15 is 0 Å². The van der Waals surface area contributed by atoms with E-state index in [1.807, 2.05) is 16.5 Å². The molecule has 0 amide bonds. The largest absolute Gasteiger partial charge is 0.435 e. The lowest BCUT2D eigenvalue weighted by molar-refractivity contribution is -0.0498. The zero-order valence-corrected chi connectivity index (χ0v) is 18.5. The minimum atomic E-state index is -2.82. The van der Waals surface area contributed by atoms with Crippen LogP contribution in [-0.2, 0) is 19.5 Å². The van der Waals surface area contributed by atoms with Gasteiger partial charge in [-0.15, -0.1) is 10.2 Å². The van der Waals surface area contributed by atoms with Crippen LogP contribution in [0.1, 0.15) is 24.7 Å². The Labute approximate surface area is 180 Å². The number of thioether (sulfide) groups is 1. The summed E-state index contributed by atoms with van der Waals surface area (Å²) in [5.41, 5.74) is 0.977. The molecule has 0 atom stereocenters. The summed E-state index contributed by atoms with van der Waals surface area (Å²) in [6, 6.07) is 6.67. The van der Waals surface area contributed by atoms with Gasteiger partial charge in [0, 0.05) is 39.6 Å². The number of halogens is 2. The third-order valence-electron chi connectivity index (χ3n) is 4.35. The molecule has 0 aliphatic heterocycles. The first-order valence-electron chi connectivity index (χ1n) is 9.92. The second kappa shape index (κ2) is 13.0. The Bertz CT molecular complexity index is 769. The molecule has 2 aromatic rings. The fraction of sp³-hybridized carbons (Fsp3) is 0.550. The van der Waals surface area contributed by atoms with Crippen LogP contribution in [0.25, 0.3) is 0 Å². The number of nitrogens with zero attached hydrogens (tertiary/aromatic N) is 5. The smallest absolute Gasteiger partial charge is 0.387 e. The van der Waals surface area contributed by atoms with Gasteiger partial charge in [0.2, 0.25) is 0 Å². The van der Waals surface area contributed by atoms with Gasteiger partial charge in [0.25, 0.3) is 0 Å². The molecule has 1 aromatic carbocycles. The molecule has 0 unspecified atom stereocenters. The third kappa shape index (κ3) is 8.17. The molecular weight excluding hydrogens is 410 g/mol. The van der Waals surface area contributed by atoms with Crippen molar-refractivity contribution < 1.29 is 13.5 Å². The van der Waals surface area contributed by atoms with Gasteiger partial charge in [-0.3, -0.25) is 4.99 Å². The number of rotatable bonds is 12. The Morgan fingerprint density at radius 3 is 2.77 bits per heavy atom. The van der Waals surface area contributed by atoms with E-state index in [0.29, 0.717) is 13.1 Å². The molecule has 0 fully saturated rings. The monoisotopic (exact) mass is 440 g/mol. The summed E-state index contributed by atoms with van der Waals surface area (Å²) in [5, 5.41) is 11.5. The molecule has 30 heavy (non-hydrogen) atoms. The number of hydrogen-bond acceptors (Lipinski definition) is 5. The van der Waals surface area contributed by atoms with Crippen LogP contribution in [0, 0.1) is 0 Å². The maximum absolute atomic E-state index is 12.3. The Morgan fingerprint density at radius 2 is 2.10 bits per heavy atom. The van der Waals surface area contributed by atoms with E-state index in [4.69, 9.17) is 4.99 Å². The van der Waals surface area contributed by atoms with Gasteiger partial charge in [-0.1, -0.05) is 19.1 Å². The van der Waals surface area contributed by atoms with Crippen LogP contribution < -0.4 is 10.1 Å². The number of ether oxygens (including phenoxy) is 1. The van der Waals surface area contributed by atoms with E-state index in [-0.39, 0.29) is 5.75 Å². The molecule has 1 heterocycles. The standard InChI is InChI=1S/C20H30F2N6OS/c1-4-18-26-25-15-28(18)12-11-24-20(23-10-5-13-30-3)27(2)14-16-6-8-17(9-7-16)29-19(21)22/h6-9,15,19H,4-5,10-14H2,1-3H3,(H,23,24). The van der Waals surface area contributed by atoms with Gasteiger partial charge in [0.15, 0.2) is 5.96 Å². The highest BCUT2D eigenvalue weighted by atomic mass is 32.2. The third-order valence-corrected chi connectivity index (χ3v) is 5.04. The first-order chi connectivity index (χ1) is 14.5. The molecule has 0 spiro atoms. The fourth-order valence-corrected chi connectivity index (χ4v) is 3.28. The van der Waals surface area contributed by atoms with E-state index in [1.165, 1.54) is 0 Å². The molecular formula is C20H30F2N6OS. The van der Waals surface area contributed by atoms with Crippen LogP contribution in [0.15, 0.2) is 35.6 Å². The molecule has 0 saturated carbocycles. The lowest BCUT2D eigenvalue weighted by atomic mass is 10.2.